The van der Waals surface area contributed by atoms with Gasteiger partial charge < -0.3 is 5.73 Å². The van der Waals surface area contributed by atoms with E-state index in [1.807, 2.05) is 24.3 Å². The Hall–Kier alpha value is -1.84. The fraction of sp³-hybridized carbons (Fsp3) is 0. The summed E-state index contributed by atoms with van der Waals surface area (Å²) in [5.74, 6) is 0.399. The summed E-state index contributed by atoms with van der Waals surface area (Å²) in [6.07, 6.45) is 1.68. The van der Waals surface area contributed by atoms with Gasteiger partial charge in [-0.25, -0.2) is 9.97 Å². The molecule has 0 aliphatic carbocycles. The van der Waals surface area contributed by atoms with Gasteiger partial charge in [-0.3, -0.25) is 0 Å². The van der Waals surface area contributed by atoms with Crippen LogP contribution >= 0.6 is 23.2 Å². The van der Waals surface area contributed by atoms with Gasteiger partial charge in [-0.2, -0.15) is 0 Å². The molecule has 2 aromatic heterocycles. The predicted octanol–water partition coefficient (Wildman–Crippen LogP) is 4.19. The van der Waals surface area contributed by atoms with E-state index < -0.39 is 0 Å². The Morgan fingerprint density at radius 3 is 2.63 bits per heavy atom. The molecule has 0 aliphatic heterocycles. The Labute approximate surface area is 120 Å². The molecule has 3 rings (SSSR count). The van der Waals surface area contributed by atoms with E-state index in [1.54, 1.807) is 18.3 Å². The van der Waals surface area contributed by atoms with Gasteiger partial charge in [0.15, 0.2) is 5.65 Å². The number of pyridine rings is 2. The Morgan fingerprint density at radius 2 is 1.84 bits per heavy atom. The maximum atomic E-state index is 6.20. The van der Waals surface area contributed by atoms with E-state index in [4.69, 9.17) is 28.9 Å². The minimum Gasteiger partial charge on any atom is -0.383 e. The number of benzene rings is 1. The lowest BCUT2D eigenvalue weighted by Gasteiger charge is -2.09. The molecule has 0 aliphatic rings. The zero-order chi connectivity index (χ0) is 13.4. The number of nitrogens with two attached hydrogens (primary N) is 1. The van der Waals surface area contributed by atoms with Crippen molar-refractivity contribution in [3.63, 3.8) is 0 Å². The Kier molecular flexibility index (Phi) is 3.01. The topological polar surface area (TPSA) is 51.8 Å². The second-order valence-electron chi connectivity index (χ2n) is 4.10. The highest BCUT2D eigenvalue weighted by Crippen LogP contribution is 2.34. The third-order valence-corrected chi connectivity index (χ3v) is 3.39. The summed E-state index contributed by atoms with van der Waals surface area (Å²) in [6.45, 7) is 0. The standard InChI is InChI=1S/C14H9Cl2N3/c15-9-3-4-10(12(16)7-9)11-6-8-2-1-5-18-14(8)19-13(11)17/h1-7H,(H2,17,18,19). The molecule has 3 nitrogen and oxygen atoms in total. The van der Waals surface area contributed by atoms with Crippen LogP contribution in [0.5, 0.6) is 0 Å². The summed E-state index contributed by atoms with van der Waals surface area (Å²) in [6, 6.07) is 11.0. The highest BCUT2D eigenvalue weighted by Gasteiger charge is 2.10. The monoisotopic (exact) mass is 289 g/mol. The quantitative estimate of drug-likeness (QED) is 0.731. The van der Waals surface area contributed by atoms with Gasteiger partial charge in [0.2, 0.25) is 0 Å². The second kappa shape index (κ2) is 4.68. The second-order valence-corrected chi connectivity index (χ2v) is 4.94. The highest BCUT2D eigenvalue weighted by molar-refractivity contribution is 6.36. The Morgan fingerprint density at radius 1 is 1.00 bits per heavy atom. The van der Waals surface area contributed by atoms with E-state index in [0.29, 0.717) is 21.5 Å². The van der Waals surface area contributed by atoms with E-state index in [2.05, 4.69) is 9.97 Å². The van der Waals surface area contributed by atoms with Gasteiger partial charge >= 0.3 is 0 Å². The van der Waals surface area contributed by atoms with Crippen LogP contribution in [0.2, 0.25) is 10.0 Å². The summed E-state index contributed by atoms with van der Waals surface area (Å²) in [5, 5.41) is 2.05. The lowest BCUT2D eigenvalue weighted by Crippen LogP contribution is -1.96. The van der Waals surface area contributed by atoms with Gasteiger partial charge in [-0.15, -0.1) is 0 Å². The van der Waals surface area contributed by atoms with Crippen LogP contribution in [0.3, 0.4) is 0 Å². The van der Waals surface area contributed by atoms with Crippen LogP contribution in [0.4, 0.5) is 5.82 Å². The average molecular weight is 290 g/mol. The van der Waals surface area contributed by atoms with E-state index >= 15 is 0 Å². The highest BCUT2D eigenvalue weighted by atomic mass is 35.5. The lowest BCUT2D eigenvalue weighted by atomic mass is 10.1. The molecule has 0 atom stereocenters. The van der Waals surface area contributed by atoms with Crippen molar-refractivity contribution in [1.29, 1.82) is 0 Å². The van der Waals surface area contributed by atoms with E-state index in [1.165, 1.54) is 0 Å². The first-order valence-corrected chi connectivity index (χ1v) is 6.37. The molecule has 2 N–H and O–H groups in total. The molecule has 0 saturated heterocycles. The first-order valence-electron chi connectivity index (χ1n) is 5.62. The Bertz CT molecular complexity index is 772. The number of anilines is 1. The van der Waals surface area contributed by atoms with Crippen molar-refractivity contribution < 1.29 is 0 Å². The molecule has 0 saturated carbocycles. The van der Waals surface area contributed by atoms with Crippen LogP contribution in [0, 0.1) is 0 Å². The lowest BCUT2D eigenvalue weighted by molar-refractivity contribution is 1.29. The maximum Gasteiger partial charge on any atom is 0.161 e. The van der Waals surface area contributed by atoms with Crippen molar-refractivity contribution in [2.24, 2.45) is 0 Å². The Balaban J connectivity index is 2.27. The predicted molar refractivity (Wildman–Crippen MR) is 79.4 cm³/mol. The number of hydrogen-bond donors (Lipinski definition) is 1. The van der Waals surface area contributed by atoms with Gasteiger partial charge in [-0.05, 0) is 30.3 Å². The van der Waals surface area contributed by atoms with Crippen molar-refractivity contribution in [2.45, 2.75) is 0 Å². The molecule has 94 valence electrons. The van der Waals surface area contributed by atoms with Crippen molar-refractivity contribution >= 4 is 40.1 Å². The van der Waals surface area contributed by atoms with Crippen LogP contribution < -0.4 is 5.73 Å². The third-order valence-electron chi connectivity index (χ3n) is 2.84. The van der Waals surface area contributed by atoms with Crippen LogP contribution in [-0.4, -0.2) is 9.97 Å². The fourth-order valence-electron chi connectivity index (χ4n) is 1.94. The molecule has 19 heavy (non-hydrogen) atoms. The molecule has 0 bridgehead atoms. The van der Waals surface area contributed by atoms with Gasteiger partial charge in [0.25, 0.3) is 0 Å². The number of hydrogen-bond acceptors (Lipinski definition) is 3. The molecule has 2 heterocycles. The van der Waals surface area contributed by atoms with Gasteiger partial charge in [0.05, 0.1) is 5.02 Å². The zero-order valence-corrected chi connectivity index (χ0v) is 11.3. The normalized spacial score (nSPS) is 10.8. The molecule has 0 unspecified atom stereocenters. The number of halogens is 2. The fourth-order valence-corrected chi connectivity index (χ4v) is 2.45. The molecule has 5 heteroatoms. The first-order chi connectivity index (χ1) is 9.15. The number of fused-ring (bicyclic) bond motifs is 1. The third kappa shape index (κ3) is 2.23. The van der Waals surface area contributed by atoms with Crippen molar-refractivity contribution in [3.05, 3.63) is 52.6 Å². The SMILES string of the molecule is Nc1nc2ncccc2cc1-c1ccc(Cl)cc1Cl. The average Bonchev–Trinajstić information content (AvgIpc) is 2.38. The largest absolute Gasteiger partial charge is 0.383 e. The summed E-state index contributed by atoms with van der Waals surface area (Å²) in [7, 11) is 0. The molecule has 3 aromatic rings. The van der Waals surface area contributed by atoms with Crippen LogP contribution in [0.1, 0.15) is 0 Å². The molecular weight excluding hydrogens is 281 g/mol. The summed E-state index contributed by atoms with van der Waals surface area (Å²) in [5.41, 5.74) is 8.19. The molecule has 0 radical (unpaired) electrons. The summed E-state index contributed by atoms with van der Waals surface area (Å²) >= 11 is 12.1. The molecular formula is C14H9Cl2N3. The van der Waals surface area contributed by atoms with Crippen LogP contribution in [-0.2, 0) is 0 Å². The van der Waals surface area contributed by atoms with Gasteiger partial charge in [0.1, 0.15) is 5.82 Å². The van der Waals surface area contributed by atoms with E-state index in [0.717, 1.165) is 16.5 Å². The molecule has 0 spiro atoms. The minimum absolute atomic E-state index is 0.399. The smallest absolute Gasteiger partial charge is 0.161 e. The maximum absolute atomic E-state index is 6.20. The van der Waals surface area contributed by atoms with Crippen molar-refractivity contribution in [1.82, 2.24) is 9.97 Å². The van der Waals surface area contributed by atoms with Crippen LogP contribution in [0.25, 0.3) is 22.2 Å². The molecule has 1 aromatic carbocycles. The zero-order valence-electron chi connectivity index (χ0n) is 9.77. The number of rotatable bonds is 1. The minimum atomic E-state index is 0.399. The summed E-state index contributed by atoms with van der Waals surface area (Å²) < 4.78 is 0. The van der Waals surface area contributed by atoms with Gasteiger partial charge in [-0.1, -0.05) is 29.3 Å². The van der Waals surface area contributed by atoms with Crippen molar-refractivity contribution in [2.75, 3.05) is 5.73 Å². The van der Waals surface area contributed by atoms with E-state index in [-0.39, 0.29) is 0 Å². The summed E-state index contributed by atoms with van der Waals surface area (Å²) in [4.78, 5) is 8.46. The first kappa shape index (κ1) is 12.2. The van der Waals surface area contributed by atoms with Crippen molar-refractivity contribution in [3.8, 4) is 11.1 Å². The molecule has 0 amide bonds. The van der Waals surface area contributed by atoms with E-state index in [9.17, 15) is 0 Å². The van der Waals surface area contributed by atoms with Gasteiger partial charge in [0, 0.05) is 27.7 Å². The number of aromatic nitrogens is 2. The molecule has 0 fully saturated rings. The number of nitrogens with zero attached hydrogens (tertiary/aromatic N) is 2. The number of nitrogen functional groups attached to an aromatic ring is 1. The van der Waals surface area contributed by atoms with Crippen LogP contribution in [0.15, 0.2) is 42.6 Å².